The molecule has 24 heavy (non-hydrogen) atoms. The van der Waals surface area contributed by atoms with Gasteiger partial charge in [-0.1, -0.05) is 30.3 Å². The summed E-state index contributed by atoms with van der Waals surface area (Å²) in [7, 11) is 1.40. The molecule has 0 aromatic heterocycles. The van der Waals surface area contributed by atoms with Gasteiger partial charge < -0.3 is 18.9 Å². The summed E-state index contributed by atoms with van der Waals surface area (Å²) in [6.07, 6.45) is -0.586. The molecule has 0 amide bonds. The largest absolute Gasteiger partial charge is 0.460 e. The Bertz CT molecular complexity index is 717. The van der Waals surface area contributed by atoms with E-state index in [1.165, 1.54) is 19.2 Å². The smallest absolute Gasteiger partial charge is 0.332 e. The number of methoxy groups -OCH3 is 1. The van der Waals surface area contributed by atoms with Crippen LogP contribution in [0, 0.1) is 5.82 Å². The molecular weight excluding hydrogens is 315 g/mol. The predicted octanol–water partition coefficient (Wildman–Crippen LogP) is 3.12. The highest BCUT2D eigenvalue weighted by molar-refractivity contribution is 5.70. The summed E-state index contributed by atoms with van der Waals surface area (Å²) in [6, 6.07) is 12.1. The second-order valence-corrected chi connectivity index (χ2v) is 5.32. The van der Waals surface area contributed by atoms with Gasteiger partial charge in [-0.05, 0) is 12.1 Å². The van der Waals surface area contributed by atoms with Crippen LogP contribution in [0.15, 0.2) is 42.5 Å². The number of halogens is 1. The average Bonchev–Trinajstić information content (AvgIpc) is 2.60. The number of rotatable bonds is 5. The maximum Gasteiger partial charge on any atom is 0.332 e. The Hall–Kier alpha value is -2.44. The molecule has 3 rings (SSSR count). The van der Waals surface area contributed by atoms with Crippen LogP contribution in [0.2, 0.25) is 0 Å². The Morgan fingerprint density at radius 3 is 2.83 bits per heavy atom. The Labute approximate surface area is 138 Å². The fourth-order valence-corrected chi connectivity index (χ4v) is 2.48. The summed E-state index contributed by atoms with van der Waals surface area (Å²) in [5.41, 5.74) is 1.90. The number of fused-ring (bicyclic) bond motifs is 1. The molecule has 1 aliphatic rings. The fraction of sp³-hybridized carbons (Fsp3) is 0.278. The van der Waals surface area contributed by atoms with Crippen LogP contribution in [0.25, 0.3) is 0 Å². The molecule has 2 aromatic rings. The van der Waals surface area contributed by atoms with Gasteiger partial charge in [0.1, 0.15) is 24.8 Å². The van der Waals surface area contributed by atoms with Crippen molar-refractivity contribution >= 4 is 5.97 Å². The molecule has 0 bridgehead atoms. The third kappa shape index (κ3) is 3.72. The lowest BCUT2D eigenvalue weighted by atomic mass is 10.1. The Morgan fingerprint density at radius 1 is 1.29 bits per heavy atom. The number of ether oxygens (including phenoxy) is 4. The summed E-state index contributed by atoms with van der Waals surface area (Å²) in [4.78, 5) is 11.4. The van der Waals surface area contributed by atoms with Crippen LogP contribution in [0.3, 0.4) is 0 Å². The second kappa shape index (κ2) is 7.42. The maximum absolute atomic E-state index is 13.8. The lowest BCUT2D eigenvalue weighted by Gasteiger charge is -2.28. The number of benzene rings is 2. The minimum absolute atomic E-state index is 0.0935. The number of carbonyl (C=O) groups is 1. The average molecular weight is 332 g/mol. The van der Waals surface area contributed by atoms with Crippen LogP contribution in [0.1, 0.15) is 23.0 Å². The summed E-state index contributed by atoms with van der Waals surface area (Å²) in [5, 5.41) is 0. The molecule has 6 heteroatoms. The summed E-state index contributed by atoms with van der Waals surface area (Å²) in [6.45, 7) is -0.0381. The molecule has 1 atom stereocenters. The lowest BCUT2D eigenvalue weighted by molar-refractivity contribution is -0.149. The van der Waals surface area contributed by atoms with E-state index in [9.17, 15) is 9.18 Å². The predicted molar refractivity (Wildman–Crippen MR) is 82.7 cm³/mol. The molecule has 0 radical (unpaired) electrons. The van der Waals surface area contributed by atoms with Crippen molar-refractivity contribution in [3.05, 3.63) is 65.0 Å². The Balaban J connectivity index is 1.81. The van der Waals surface area contributed by atoms with E-state index >= 15 is 0 Å². The fourth-order valence-electron chi connectivity index (χ4n) is 2.48. The van der Waals surface area contributed by atoms with Gasteiger partial charge in [-0.15, -0.1) is 0 Å². The summed E-state index contributed by atoms with van der Waals surface area (Å²) < 4.78 is 35.1. The van der Waals surface area contributed by atoms with Crippen LogP contribution >= 0.6 is 0 Å². The SMILES string of the molecule is COCC(=O)OCc1cc(F)cc2c1O[C@H](c1ccccc1)OC2. The quantitative estimate of drug-likeness (QED) is 0.788. The number of carbonyl (C=O) groups excluding carboxylic acids is 1. The maximum atomic E-state index is 13.8. The van der Waals surface area contributed by atoms with E-state index in [4.69, 9.17) is 18.9 Å². The van der Waals surface area contributed by atoms with Gasteiger partial charge in [0.05, 0.1) is 6.61 Å². The molecule has 0 saturated heterocycles. The first-order valence-electron chi connectivity index (χ1n) is 7.46. The first kappa shape index (κ1) is 16.4. The molecule has 2 aromatic carbocycles. The summed E-state index contributed by atoms with van der Waals surface area (Å²) in [5.74, 6) is -0.471. The first-order valence-corrected chi connectivity index (χ1v) is 7.46. The van der Waals surface area contributed by atoms with E-state index in [-0.39, 0.29) is 19.8 Å². The van der Waals surface area contributed by atoms with E-state index in [2.05, 4.69) is 0 Å². The van der Waals surface area contributed by atoms with Crippen LogP contribution in [0.5, 0.6) is 5.75 Å². The summed E-state index contributed by atoms with van der Waals surface area (Å²) >= 11 is 0. The van der Waals surface area contributed by atoms with Gasteiger partial charge in [-0.3, -0.25) is 0 Å². The highest BCUT2D eigenvalue weighted by Gasteiger charge is 2.25. The van der Waals surface area contributed by atoms with E-state index in [0.29, 0.717) is 16.9 Å². The van der Waals surface area contributed by atoms with Gasteiger partial charge in [0.15, 0.2) is 0 Å². The minimum Gasteiger partial charge on any atom is -0.460 e. The number of esters is 1. The Morgan fingerprint density at radius 2 is 2.08 bits per heavy atom. The van der Waals surface area contributed by atoms with Crippen LogP contribution in [-0.4, -0.2) is 19.7 Å². The zero-order valence-electron chi connectivity index (χ0n) is 13.2. The van der Waals surface area contributed by atoms with Crippen molar-refractivity contribution in [2.45, 2.75) is 19.5 Å². The topological polar surface area (TPSA) is 54.0 Å². The molecular formula is C18H17FO5. The zero-order valence-corrected chi connectivity index (χ0v) is 13.2. The first-order chi connectivity index (χ1) is 11.7. The van der Waals surface area contributed by atoms with Crippen LogP contribution in [0.4, 0.5) is 4.39 Å². The molecule has 1 aliphatic heterocycles. The molecule has 0 unspecified atom stereocenters. The molecule has 0 spiro atoms. The van der Waals surface area contributed by atoms with Crippen molar-refractivity contribution < 1.29 is 28.1 Å². The zero-order chi connectivity index (χ0) is 16.9. The standard InChI is InChI=1S/C18H17FO5/c1-21-11-16(20)22-9-13-7-15(19)8-14-10-23-18(24-17(13)14)12-5-3-2-4-6-12/h2-8,18H,9-11H2,1H3/t18-/m1/s1. The van der Waals surface area contributed by atoms with Crippen molar-refractivity contribution in [2.75, 3.05) is 13.7 Å². The molecule has 0 fully saturated rings. The molecule has 0 saturated carbocycles. The van der Waals surface area contributed by atoms with Gasteiger partial charge in [0.25, 0.3) is 0 Å². The van der Waals surface area contributed by atoms with Gasteiger partial charge in [-0.2, -0.15) is 0 Å². The normalized spacial score (nSPS) is 16.2. The molecule has 1 heterocycles. The molecule has 126 valence electrons. The van der Waals surface area contributed by atoms with E-state index in [1.807, 2.05) is 30.3 Å². The van der Waals surface area contributed by atoms with Crippen molar-refractivity contribution in [1.29, 1.82) is 0 Å². The van der Waals surface area contributed by atoms with Crippen molar-refractivity contribution in [3.63, 3.8) is 0 Å². The van der Waals surface area contributed by atoms with Gasteiger partial charge in [0, 0.05) is 23.8 Å². The van der Waals surface area contributed by atoms with Crippen molar-refractivity contribution in [3.8, 4) is 5.75 Å². The van der Waals surface area contributed by atoms with Gasteiger partial charge in [0.2, 0.25) is 6.29 Å². The van der Waals surface area contributed by atoms with E-state index < -0.39 is 18.1 Å². The Kier molecular flexibility index (Phi) is 5.08. The molecule has 5 nitrogen and oxygen atoms in total. The number of hydrogen-bond donors (Lipinski definition) is 0. The van der Waals surface area contributed by atoms with Crippen molar-refractivity contribution in [2.24, 2.45) is 0 Å². The van der Waals surface area contributed by atoms with Crippen LogP contribution < -0.4 is 4.74 Å². The monoisotopic (exact) mass is 332 g/mol. The highest BCUT2D eigenvalue weighted by Crippen LogP contribution is 2.36. The van der Waals surface area contributed by atoms with Crippen molar-refractivity contribution in [1.82, 2.24) is 0 Å². The minimum atomic E-state index is -0.586. The van der Waals surface area contributed by atoms with E-state index in [1.54, 1.807) is 0 Å². The second-order valence-electron chi connectivity index (χ2n) is 5.32. The van der Waals surface area contributed by atoms with Crippen LogP contribution in [-0.2, 0) is 32.2 Å². The number of hydrogen-bond acceptors (Lipinski definition) is 5. The molecule has 0 aliphatic carbocycles. The lowest BCUT2D eigenvalue weighted by Crippen LogP contribution is -2.20. The third-order valence-corrected chi connectivity index (χ3v) is 3.55. The van der Waals surface area contributed by atoms with Gasteiger partial charge >= 0.3 is 5.97 Å². The molecule has 0 N–H and O–H groups in total. The highest BCUT2D eigenvalue weighted by atomic mass is 19.1. The third-order valence-electron chi connectivity index (χ3n) is 3.55. The van der Waals surface area contributed by atoms with E-state index in [0.717, 1.165) is 5.56 Å². The van der Waals surface area contributed by atoms with Gasteiger partial charge in [-0.25, -0.2) is 9.18 Å².